The Morgan fingerprint density at radius 3 is 2.70 bits per heavy atom. The Labute approximate surface area is 126 Å². The maximum absolute atomic E-state index is 12.0. The van der Waals surface area contributed by atoms with Crippen molar-refractivity contribution in [1.29, 1.82) is 0 Å². The van der Waals surface area contributed by atoms with Gasteiger partial charge in [0.15, 0.2) is 0 Å². The first kappa shape index (κ1) is 15.4. The highest BCUT2D eigenvalue weighted by atomic mass is 35.5. The Morgan fingerprint density at radius 1 is 1.15 bits per heavy atom. The molecule has 1 saturated carbocycles. The summed E-state index contributed by atoms with van der Waals surface area (Å²) in [6, 6.07) is 10.5. The van der Waals surface area contributed by atoms with Gasteiger partial charge in [0.25, 0.3) is 0 Å². The number of alkyl halides is 1. The highest BCUT2D eigenvalue weighted by Gasteiger charge is 2.22. The second kappa shape index (κ2) is 8.31. The number of carbonyl (C=O) groups is 1. The van der Waals surface area contributed by atoms with Crippen molar-refractivity contribution in [3.05, 3.63) is 35.9 Å². The minimum absolute atomic E-state index is 0.107. The third-order valence-corrected chi connectivity index (χ3v) is 4.51. The summed E-state index contributed by atoms with van der Waals surface area (Å²) in [5.41, 5.74) is 1.30. The van der Waals surface area contributed by atoms with E-state index in [1.54, 1.807) is 0 Å². The fourth-order valence-electron chi connectivity index (χ4n) is 2.80. The molecule has 0 spiro atoms. The van der Waals surface area contributed by atoms with Crippen molar-refractivity contribution in [2.75, 3.05) is 0 Å². The summed E-state index contributed by atoms with van der Waals surface area (Å²) in [4.78, 5) is 12.0. The van der Waals surface area contributed by atoms with Gasteiger partial charge in [-0.25, -0.2) is 0 Å². The third-order valence-electron chi connectivity index (χ3n) is 3.99. The predicted molar refractivity (Wildman–Crippen MR) is 84.0 cm³/mol. The Hall–Kier alpha value is -1.02. The zero-order valence-corrected chi connectivity index (χ0v) is 12.7. The second-order valence-electron chi connectivity index (χ2n) is 5.67. The van der Waals surface area contributed by atoms with Crippen LogP contribution in [0.4, 0.5) is 0 Å². The molecule has 0 aliphatic heterocycles. The maximum atomic E-state index is 12.0. The standard InChI is InChI=1S/C17H24ClNO/c18-15-11-5-2-6-12-16(15)19-17(20)13-7-10-14-8-3-1-4-9-14/h1,3-4,8-9,15-16H,2,5-7,10-13H2,(H,19,20). The number of halogens is 1. The van der Waals surface area contributed by atoms with Crippen LogP contribution in [0.2, 0.25) is 0 Å². The lowest BCUT2D eigenvalue weighted by Crippen LogP contribution is -2.40. The van der Waals surface area contributed by atoms with Gasteiger partial charge in [-0.05, 0) is 31.2 Å². The molecule has 1 N–H and O–H groups in total. The number of hydrogen-bond acceptors (Lipinski definition) is 1. The van der Waals surface area contributed by atoms with Crippen LogP contribution in [0.15, 0.2) is 30.3 Å². The zero-order chi connectivity index (χ0) is 14.2. The SMILES string of the molecule is O=C(CCCc1ccccc1)NC1CCCCCC1Cl. The Morgan fingerprint density at radius 2 is 1.90 bits per heavy atom. The van der Waals surface area contributed by atoms with Crippen molar-refractivity contribution in [2.24, 2.45) is 0 Å². The minimum atomic E-state index is 0.107. The van der Waals surface area contributed by atoms with E-state index >= 15 is 0 Å². The van der Waals surface area contributed by atoms with E-state index in [4.69, 9.17) is 11.6 Å². The molecule has 2 unspecified atom stereocenters. The van der Waals surface area contributed by atoms with Gasteiger partial charge in [-0.3, -0.25) is 4.79 Å². The van der Waals surface area contributed by atoms with Crippen molar-refractivity contribution in [3.8, 4) is 0 Å². The Kier molecular flexibility index (Phi) is 6.38. The van der Waals surface area contributed by atoms with E-state index in [1.807, 2.05) is 18.2 Å². The summed E-state index contributed by atoms with van der Waals surface area (Å²) >= 11 is 6.35. The van der Waals surface area contributed by atoms with Crippen LogP contribution in [0.25, 0.3) is 0 Å². The number of benzene rings is 1. The first-order chi connectivity index (χ1) is 9.75. The number of aryl methyl sites for hydroxylation is 1. The van der Waals surface area contributed by atoms with Crippen molar-refractivity contribution in [3.63, 3.8) is 0 Å². The van der Waals surface area contributed by atoms with Gasteiger partial charge in [0.05, 0.1) is 5.38 Å². The van der Waals surface area contributed by atoms with E-state index in [0.29, 0.717) is 6.42 Å². The minimum Gasteiger partial charge on any atom is -0.352 e. The molecule has 110 valence electrons. The lowest BCUT2D eigenvalue weighted by Gasteiger charge is -2.21. The van der Waals surface area contributed by atoms with Gasteiger partial charge in [0.1, 0.15) is 0 Å². The quantitative estimate of drug-likeness (QED) is 0.643. The highest BCUT2D eigenvalue weighted by molar-refractivity contribution is 6.21. The van der Waals surface area contributed by atoms with Crippen molar-refractivity contribution in [2.45, 2.75) is 62.8 Å². The Balaban J connectivity index is 1.69. The smallest absolute Gasteiger partial charge is 0.220 e. The van der Waals surface area contributed by atoms with E-state index in [-0.39, 0.29) is 17.3 Å². The topological polar surface area (TPSA) is 29.1 Å². The van der Waals surface area contributed by atoms with E-state index in [2.05, 4.69) is 17.4 Å². The molecule has 1 aromatic rings. The molecular weight excluding hydrogens is 270 g/mol. The first-order valence-electron chi connectivity index (χ1n) is 7.73. The van der Waals surface area contributed by atoms with Crippen LogP contribution in [0.5, 0.6) is 0 Å². The van der Waals surface area contributed by atoms with Gasteiger partial charge < -0.3 is 5.32 Å². The van der Waals surface area contributed by atoms with Crippen molar-refractivity contribution >= 4 is 17.5 Å². The van der Waals surface area contributed by atoms with Crippen LogP contribution in [-0.2, 0) is 11.2 Å². The molecule has 1 amide bonds. The molecule has 1 fully saturated rings. The second-order valence-corrected chi connectivity index (χ2v) is 6.23. The van der Waals surface area contributed by atoms with E-state index in [0.717, 1.165) is 25.7 Å². The monoisotopic (exact) mass is 293 g/mol. The summed E-state index contributed by atoms with van der Waals surface area (Å²) in [6.07, 6.45) is 8.11. The third kappa shape index (κ3) is 5.16. The van der Waals surface area contributed by atoms with Crippen LogP contribution >= 0.6 is 11.6 Å². The van der Waals surface area contributed by atoms with Gasteiger partial charge in [0, 0.05) is 12.5 Å². The molecule has 1 aliphatic carbocycles. The average Bonchev–Trinajstić information content (AvgIpc) is 2.65. The fraction of sp³-hybridized carbons (Fsp3) is 0.588. The van der Waals surface area contributed by atoms with Crippen LogP contribution in [-0.4, -0.2) is 17.3 Å². The molecule has 0 bridgehead atoms. The fourth-order valence-corrected chi connectivity index (χ4v) is 3.14. The molecule has 2 rings (SSSR count). The normalized spacial score (nSPS) is 23.1. The molecular formula is C17H24ClNO. The highest BCUT2D eigenvalue weighted by Crippen LogP contribution is 2.22. The molecule has 2 atom stereocenters. The Bertz CT molecular complexity index is 407. The lowest BCUT2D eigenvalue weighted by atomic mass is 10.1. The molecule has 0 saturated heterocycles. The molecule has 0 heterocycles. The molecule has 1 aliphatic rings. The van der Waals surface area contributed by atoms with E-state index < -0.39 is 0 Å². The molecule has 3 heteroatoms. The summed E-state index contributed by atoms with van der Waals surface area (Å²) in [6.45, 7) is 0. The van der Waals surface area contributed by atoms with Crippen LogP contribution in [0, 0.1) is 0 Å². The molecule has 20 heavy (non-hydrogen) atoms. The zero-order valence-electron chi connectivity index (χ0n) is 12.0. The molecule has 0 radical (unpaired) electrons. The van der Waals surface area contributed by atoms with E-state index in [9.17, 15) is 4.79 Å². The maximum Gasteiger partial charge on any atom is 0.220 e. The number of amides is 1. The predicted octanol–water partition coefficient (Wildman–Crippen LogP) is 4.07. The number of hydrogen-bond donors (Lipinski definition) is 1. The molecule has 1 aromatic carbocycles. The van der Waals surface area contributed by atoms with Crippen molar-refractivity contribution < 1.29 is 4.79 Å². The van der Waals surface area contributed by atoms with Gasteiger partial charge in [-0.2, -0.15) is 0 Å². The largest absolute Gasteiger partial charge is 0.352 e. The van der Waals surface area contributed by atoms with E-state index in [1.165, 1.54) is 24.8 Å². The summed E-state index contributed by atoms with van der Waals surface area (Å²) in [5, 5.41) is 3.23. The average molecular weight is 294 g/mol. The van der Waals surface area contributed by atoms with Gasteiger partial charge >= 0.3 is 0 Å². The number of nitrogens with one attached hydrogen (secondary N) is 1. The summed E-state index contributed by atoms with van der Waals surface area (Å²) in [7, 11) is 0. The molecule has 0 aromatic heterocycles. The number of rotatable bonds is 5. The first-order valence-corrected chi connectivity index (χ1v) is 8.17. The van der Waals surface area contributed by atoms with Gasteiger partial charge in [0.2, 0.25) is 5.91 Å². The summed E-state index contributed by atoms with van der Waals surface area (Å²) < 4.78 is 0. The van der Waals surface area contributed by atoms with Crippen LogP contribution in [0.3, 0.4) is 0 Å². The van der Waals surface area contributed by atoms with Crippen LogP contribution in [0.1, 0.15) is 50.5 Å². The molecule has 2 nitrogen and oxygen atoms in total. The van der Waals surface area contributed by atoms with Gasteiger partial charge in [-0.15, -0.1) is 11.6 Å². The van der Waals surface area contributed by atoms with Crippen LogP contribution < -0.4 is 5.32 Å². The number of carbonyl (C=O) groups excluding carboxylic acids is 1. The van der Waals surface area contributed by atoms with Gasteiger partial charge in [-0.1, -0.05) is 49.6 Å². The summed E-state index contributed by atoms with van der Waals surface area (Å²) in [5.74, 6) is 0.151. The van der Waals surface area contributed by atoms with Crippen molar-refractivity contribution in [1.82, 2.24) is 5.32 Å². The lowest BCUT2D eigenvalue weighted by molar-refractivity contribution is -0.121.